The van der Waals surface area contributed by atoms with Gasteiger partial charge in [-0.2, -0.15) is 0 Å². The monoisotopic (exact) mass is 232 g/mol. The van der Waals surface area contributed by atoms with Gasteiger partial charge in [0.05, 0.1) is 0 Å². The Morgan fingerprint density at radius 3 is 2.53 bits per heavy atom. The normalized spacial score (nSPS) is 11.6. The van der Waals surface area contributed by atoms with Gasteiger partial charge in [-0.3, -0.25) is 0 Å². The molecule has 6 heteroatoms. The van der Waals surface area contributed by atoms with Gasteiger partial charge in [-0.15, -0.1) is 12.4 Å². The Morgan fingerprint density at radius 2 is 2.07 bits per heavy atom. The Balaban J connectivity index is 0.00000196. The molecular formula is C9H13ClN2O3. The average molecular weight is 233 g/mol. The minimum Gasteiger partial charge on any atom is -0.507 e. The highest BCUT2D eigenvalue weighted by Gasteiger charge is 2.12. The lowest BCUT2D eigenvalue weighted by atomic mass is 10.0. The van der Waals surface area contributed by atoms with Crippen LogP contribution in [0.4, 0.5) is 0 Å². The van der Waals surface area contributed by atoms with E-state index in [9.17, 15) is 9.90 Å². The highest BCUT2D eigenvalue weighted by molar-refractivity contribution is 5.90. The number of carboxylic acids is 1. The van der Waals surface area contributed by atoms with Crippen LogP contribution in [0.5, 0.6) is 5.75 Å². The molecule has 0 bridgehead atoms. The average Bonchev–Trinajstić information content (AvgIpc) is 2.17. The van der Waals surface area contributed by atoms with Crippen molar-refractivity contribution in [1.82, 2.24) is 0 Å². The first kappa shape index (κ1) is 13.7. The van der Waals surface area contributed by atoms with Crippen LogP contribution in [0.2, 0.25) is 0 Å². The molecule has 15 heavy (non-hydrogen) atoms. The van der Waals surface area contributed by atoms with E-state index in [2.05, 4.69) is 0 Å². The largest absolute Gasteiger partial charge is 0.507 e. The van der Waals surface area contributed by atoms with Gasteiger partial charge in [0, 0.05) is 12.6 Å². The molecule has 0 fully saturated rings. The minimum absolute atomic E-state index is 0. The fraction of sp³-hybridized carbons (Fsp3) is 0.222. The summed E-state index contributed by atoms with van der Waals surface area (Å²) in [6.07, 6.45) is 0. The highest BCUT2D eigenvalue weighted by atomic mass is 35.5. The minimum atomic E-state index is -1.19. The summed E-state index contributed by atoms with van der Waals surface area (Å²) < 4.78 is 0. The van der Waals surface area contributed by atoms with Gasteiger partial charge in [0.2, 0.25) is 0 Å². The molecule has 5 nitrogen and oxygen atoms in total. The van der Waals surface area contributed by atoms with Crippen molar-refractivity contribution in [2.45, 2.75) is 6.04 Å². The smallest absolute Gasteiger partial charge is 0.339 e. The van der Waals surface area contributed by atoms with Crippen LogP contribution in [-0.4, -0.2) is 22.7 Å². The van der Waals surface area contributed by atoms with Gasteiger partial charge in [0.25, 0.3) is 0 Å². The van der Waals surface area contributed by atoms with Crippen LogP contribution >= 0.6 is 12.4 Å². The SMILES string of the molecule is Cl.NC[C@@H](N)c1ccc(O)c(C(=O)O)c1. The molecule has 0 aliphatic heterocycles. The van der Waals surface area contributed by atoms with Gasteiger partial charge >= 0.3 is 5.97 Å². The lowest BCUT2D eigenvalue weighted by Gasteiger charge is -2.10. The number of rotatable bonds is 3. The predicted octanol–water partition coefficient (Wildman–Crippen LogP) is 0.471. The maximum absolute atomic E-state index is 10.7. The molecule has 84 valence electrons. The number of halogens is 1. The standard InChI is InChI=1S/C9H12N2O3.ClH/c10-4-7(11)5-1-2-8(12)6(3-5)9(13)14;/h1-3,7,12H,4,10-11H2,(H,13,14);1H/t7-;/m1./s1. The molecule has 0 aliphatic rings. The summed E-state index contributed by atoms with van der Waals surface area (Å²) in [5.74, 6) is -1.46. The van der Waals surface area contributed by atoms with Crippen LogP contribution < -0.4 is 11.5 Å². The lowest BCUT2D eigenvalue weighted by molar-refractivity contribution is 0.0693. The van der Waals surface area contributed by atoms with Crippen molar-refractivity contribution in [1.29, 1.82) is 0 Å². The van der Waals surface area contributed by atoms with E-state index in [-0.39, 0.29) is 30.3 Å². The van der Waals surface area contributed by atoms with E-state index in [1.807, 2.05) is 0 Å². The van der Waals surface area contributed by atoms with Crippen LogP contribution in [0.15, 0.2) is 18.2 Å². The first-order valence-electron chi connectivity index (χ1n) is 4.08. The molecule has 0 radical (unpaired) electrons. The summed E-state index contributed by atoms with van der Waals surface area (Å²) in [6.45, 7) is 0.226. The molecule has 0 unspecified atom stereocenters. The summed E-state index contributed by atoms with van der Waals surface area (Å²) >= 11 is 0. The van der Waals surface area contributed by atoms with Crippen molar-refractivity contribution < 1.29 is 15.0 Å². The molecule has 0 aliphatic carbocycles. The second-order valence-electron chi connectivity index (χ2n) is 2.92. The van der Waals surface area contributed by atoms with E-state index < -0.39 is 12.0 Å². The molecule has 1 rings (SSSR count). The maximum Gasteiger partial charge on any atom is 0.339 e. The van der Waals surface area contributed by atoms with Gasteiger partial charge in [0.1, 0.15) is 11.3 Å². The number of benzene rings is 1. The Labute approximate surface area is 93.1 Å². The first-order valence-corrected chi connectivity index (χ1v) is 4.08. The number of hydrogen-bond acceptors (Lipinski definition) is 4. The Bertz CT molecular complexity index is 357. The van der Waals surface area contributed by atoms with Crippen LogP contribution in [0.1, 0.15) is 22.0 Å². The summed E-state index contributed by atoms with van der Waals surface area (Å²) in [5.41, 5.74) is 11.4. The predicted molar refractivity (Wildman–Crippen MR) is 58.3 cm³/mol. The van der Waals surface area contributed by atoms with Crippen LogP contribution in [0.25, 0.3) is 0 Å². The summed E-state index contributed by atoms with van der Waals surface area (Å²) in [5, 5.41) is 17.9. The third-order valence-corrected chi connectivity index (χ3v) is 1.93. The van der Waals surface area contributed by atoms with Gasteiger partial charge in [0.15, 0.2) is 0 Å². The highest BCUT2D eigenvalue weighted by Crippen LogP contribution is 2.20. The fourth-order valence-corrected chi connectivity index (χ4v) is 1.09. The molecule has 6 N–H and O–H groups in total. The first-order chi connectivity index (χ1) is 6.56. The van der Waals surface area contributed by atoms with Crippen molar-refractivity contribution in [2.75, 3.05) is 6.54 Å². The summed E-state index contributed by atoms with van der Waals surface area (Å²) in [6, 6.07) is 3.77. The number of carbonyl (C=O) groups is 1. The van der Waals surface area contributed by atoms with Crippen molar-refractivity contribution in [3.63, 3.8) is 0 Å². The Morgan fingerprint density at radius 1 is 1.47 bits per heavy atom. The zero-order valence-electron chi connectivity index (χ0n) is 7.88. The van der Waals surface area contributed by atoms with Crippen LogP contribution in [0.3, 0.4) is 0 Å². The van der Waals surface area contributed by atoms with Gasteiger partial charge in [-0.1, -0.05) is 6.07 Å². The van der Waals surface area contributed by atoms with Crippen LogP contribution in [-0.2, 0) is 0 Å². The lowest BCUT2D eigenvalue weighted by Crippen LogP contribution is -2.21. The van der Waals surface area contributed by atoms with Crippen molar-refractivity contribution >= 4 is 18.4 Å². The molecule has 1 atom stereocenters. The quantitative estimate of drug-likeness (QED) is 0.606. The molecule has 0 saturated heterocycles. The number of hydrogen-bond donors (Lipinski definition) is 4. The third-order valence-electron chi connectivity index (χ3n) is 1.93. The number of carboxylic acid groups (broad SMARTS) is 1. The molecule has 0 amide bonds. The number of aromatic hydroxyl groups is 1. The summed E-state index contributed by atoms with van der Waals surface area (Å²) in [4.78, 5) is 10.7. The molecule has 1 aromatic rings. The molecular weight excluding hydrogens is 220 g/mol. The molecule has 0 aromatic heterocycles. The second kappa shape index (κ2) is 5.55. The Kier molecular flexibility index (Phi) is 5.07. The number of nitrogens with two attached hydrogens (primary N) is 2. The molecule has 1 aromatic carbocycles. The van der Waals surface area contributed by atoms with E-state index in [4.69, 9.17) is 16.6 Å². The van der Waals surface area contributed by atoms with E-state index in [0.29, 0.717) is 5.56 Å². The molecule has 0 saturated carbocycles. The van der Waals surface area contributed by atoms with Crippen molar-refractivity contribution in [2.24, 2.45) is 11.5 Å². The van der Waals surface area contributed by atoms with Crippen molar-refractivity contribution in [3.8, 4) is 5.75 Å². The van der Waals surface area contributed by atoms with Gasteiger partial charge in [-0.25, -0.2) is 4.79 Å². The number of aromatic carboxylic acids is 1. The van der Waals surface area contributed by atoms with Gasteiger partial charge < -0.3 is 21.7 Å². The zero-order valence-corrected chi connectivity index (χ0v) is 8.70. The van der Waals surface area contributed by atoms with Crippen LogP contribution in [0, 0.1) is 0 Å². The molecule has 0 heterocycles. The summed E-state index contributed by atoms with van der Waals surface area (Å²) in [7, 11) is 0. The maximum atomic E-state index is 10.7. The van der Waals surface area contributed by atoms with Gasteiger partial charge in [-0.05, 0) is 17.7 Å². The molecule has 0 spiro atoms. The van der Waals surface area contributed by atoms with E-state index in [0.717, 1.165) is 0 Å². The zero-order chi connectivity index (χ0) is 10.7. The number of phenols is 1. The topological polar surface area (TPSA) is 110 Å². The third kappa shape index (κ3) is 3.09. The second-order valence-corrected chi connectivity index (χ2v) is 2.92. The van der Waals surface area contributed by atoms with E-state index in [1.54, 1.807) is 6.07 Å². The van der Waals surface area contributed by atoms with Crippen molar-refractivity contribution in [3.05, 3.63) is 29.3 Å². The fourth-order valence-electron chi connectivity index (χ4n) is 1.09. The Hall–Kier alpha value is -1.30. The van der Waals surface area contributed by atoms with E-state index in [1.165, 1.54) is 12.1 Å². The van der Waals surface area contributed by atoms with E-state index >= 15 is 0 Å².